The van der Waals surface area contributed by atoms with Crippen LogP contribution in [-0.4, -0.2) is 62.3 Å². The maximum Gasteiger partial charge on any atom is 0.253 e. The summed E-state index contributed by atoms with van der Waals surface area (Å²) in [5.74, 6) is 0.893. The molecule has 0 radical (unpaired) electrons. The van der Waals surface area contributed by atoms with Crippen LogP contribution in [-0.2, 0) is 9.53 Å². The van der Waals surface area contributed by atoms with E-state index < -0.39 is 0 Å². The molecule has 1 amide bonds. The predicted octanol–water partition coefficient (Wildman–Crippen LogP) is 2.93. The molecule has 1 aromatic carbocycles. The molecule has 9 heteroatoms. The fraction of sp³-hybridized carbons (Fsp3) is 0.650. The van der Waals surface area contributed by atoms with E-state index >= 15 is 0 Å². The Labute approximate surface area is 192 Å². The van der Waals surface area contributed by atoms with Crippen LogP contribution in [0.3, 0.4) is 0 Å². The Morgan fingerprint density at radius 2 is 1.79 bits per heavy atom. The van der Waals surface area contributed by atoms with Crippen molar-refractivity contribution in [1.29, 1.82) is 0 Å². The minimum absolute atomic E-state index is 0. The van der Waals surface area contributed by atoms with E-state index in [4.69, 9.17) is 10.5 Å². The summed E-state index contributed by atoms with van der Waals surface area (Å²) in [6.45, 7) is 6.11. The van der Waals surface area contributed by atoms with Crippen molar-refractivity contribution < 1.29 is 9.53 Å². The molecule has 166 valence electrons. The van der Waals surface area contributed by atoms with Gasteiger partial charge in [0.1, 0.15) is 6.10 Å². The molecule has 2 atom stereocenters. The summed E-state index contributed by atoms with van der Waals surface area (Å²) < 4.78 is 5.69. The Kier molecular flexibility index (Phi) is 11.0. The number of anilines is 2. The summed E-state index contributed by atoms with van der Waals surface area (Å²) in [5.41, 5.74) is 7.65. The van der Waals surface area contributed by atoms with E-state index in [-0.39, 0.29) is 55.3 Å². The lowest BCUT2D eigenvalue weighted by Gasteiger charge is -2.36. The second kappa shape index (κ2) is 12.2. The Bertz CT molecular complexity index is 640. The number of halogens is 3. The van der Waals surface area contributed by atoms with Crippen molar-refractivity contribution >= 4 is 54.5 Å². The van der Waals surface area contributed by atoms with Crippen molar-refractivity contribution in [3.63, 3.8) is 0 Å². The third-order valence-electron chi connectivity index (χ3n) is 5.73. The summed E-state index contributed by atoms with van der Waals surface area (Å²) in [7, 11) is 0. The number of nitrogens with zero attached hydrogens (tertiary/aromatic N) is 2. The van der Waals surface area contributed by atoms with Crippen LogP contribution in [0.1, 0.15) is 25.7 Å². The monoisotopic (exact) mass is 466 g/mol. The summed E-state index contributed by atoms with van der Waals surface area (Å²) >= 11 is 0. The van der Waals surface area contributed by atoms with Crippen molar-refractivity contribution in [2.45, 2.75) is 37.9 Å². The number of amides is 1. The number of carbonyl (C=O) groups is 1. The molecule has 3 N–H and O–H groups in total. The molecule has 3 fully saturated rings. The van der Waals surface area contributed by atoms with E-state index in [2.05, 4.69) is 27.2 Å². The van der Waals surface area contributed by atoms with Gasteiger partial charge in [0, 0.05) is 50.6 Å². The number of carbonyl (C=O) groups excluding carboxylic acids is 1. The first-order valence-corrected chi connectivity index (χ1v) is 9.95. The van der Waals surface area contributed by atoms with Crippen LogP contribution in [0.4, 0.5) is 11.4 Å². The fourth-order valence-corrected chi connectivity index (χ4v) is 3.93. The number of benzene rings is 1. The number of nitrogens with one attached hydrogen (secondary N) is 1. The number of rotatable bonds is 6. The van der Waals surface area contributed by atoms with Crippen LogP contribution in [0, 0.1) is 5.92 Å². The molecule has 1 aliphatic carbocycles. The Hall–Kier alpha value is -0.760. The summed E-state index contributed by atoms with van der Waals surface area (Å²) in [4.78, 5) is 17.4. The first-order chi connectivity index (χ1) is 12.7. The van der Waals surface area contributed by atoms with E-state index in [1.165, 1.54) is 25.1 Å². The highest BCUT2D eigenvalue weighted by Crippen LogP contribution is 2.30. The van der Waals surface area contributed by atoms with Gasteiger partial charge in [0.05, 0.1) is 6.10 Å². The molecule has 2 saturated heterocycles. The molecule has 0 aromatic heterocycles. The molecule has 2 aliphatic heterocycles. The topological polar surface area (TPSA) is 70.8 Å². The number of piperazine rings is 1. The highest BCUT2D eigenvalue weighted by Gasteiger charge is 2.30. The van der Waals surface area contributed by atoms with Gasteiger partial charge < -0.3 is 20.7 Å². The standard InChI is InChI=1S/C20H30N4O2.3ClH/c21-13-18-6-7-19(26-18)20(25)22-16-2-1-3-17(12-16)24-10-8-23(9-11-24)14-15-4-5-15;;;/h1-3,12,15,18-19H,4-11,13-14,21H2,(H,22,25);3*1H/t18-,19+;;;/m1.../s1. The highest BCUT2D eigenvalue weighted by atomic mass is 35.5. The van der Waals surface area contributed by atoms with Crippen LogP contribution in [0.15, 0.2) is 24.3 Å². The van der Waals surface area contributed by atoms with Crippen LogP contribution in [0.25, 0.3) is 0 Å². The fourth-order valence-electron chi connectivity index (χ4n) is 3.93. The summed E-state index contributed by atoms with van der Waals surface area (Å²) in [5, 5.41) is 3.01. The molecule has 0 unspecified atom stereocenters. The van der Waals surface area contributed by atoms with Gasteiger partial charge in [0.2, 0.25) is 0 Å². The Morgan fingerprint density at radius 1 is 1.07 bits per heavy atom. The van der Waals surface area contributed by atoms with Crippen molar-refractivity contribution in [1.82, 2.24) is 4.90 Å². The van der Waals surface area contributed by atoms with Gasteiger partial charge in [-0.3, -0.25) is 9.69 Å². The van der Waals surface area contributed by atoms with Crippen molar-refractivity contribution in [2.24, 2.45) is 11.7 Å². The Balaban J connectivity index is 0.00000140. The van der Waals surface area contributed by atoms with Gasteiger partial charge in [-0.05, 0) is 49.8 Å². The lowest BCUT2D eigenvalue weighted by atomic mass is 10.1. The minimum atomic E-state index is -0.377. The average molecular weight is 468 g/mol. The molecule has 0 bridgehead atoms. The van der Waals surface area contributed by atoms with E-state index in [9.17, 15) is 4.79 Å². The first-order valence-electron chi connectivity index (χ1n) is 9.95. The maximum atomic E-state index is 12.4. The van der Waals surface area contributed by atoms with Gasteiger partial charge >= 0.3 is 0 Å². The summed E-state index contributed by atoms with van der Waals surface area (Å²) in [6, 6.07) is 8.16. The second-order valence-corrected chi connectivity index (χ2v) is 7.83. The van der Waals surface area contributed by atoms with Gasteiger partial charge in [-0.1, -0.05) is 6.07 Å². The molecule has 0 spiro atoms. The van der Waals surface area contributed by atoms with Crippen molar-refractivity contribution in [2.75, 3.05) is 49.5 Å². The van der Waals surface area contributed by atoms with Gasteiger partial charge in [0.15, 0.2) is 0 Å². The number of hydrogen-bond donors (Lipinski definition) is 2. The molecule has 6 nitrogen and oxygen atoms in total. The average Bonchev–Trinajstić information content (AvgIpc) is 3.34. The molecular formula is C20H33Cl3N4O2. The zero-order chi connectivity index (χ0) is 17.9. The molecule has 3 aliphatic rings. The van der Waals surface area contributed by atoms with Gasteiger partial charge in [-0.15, -0.1) is 37.2 Å². The Morgan fingerprint density at radius 3 is 2.41 bits per heavy atom. The van der Waals surface area contributed by atoms with Crippen LogP contribution < -0.4 is 16.0 Å². The highest BCUT2D eigenvalue weighted by molar-refractivity contribution is 5.94. The lowest BCUT2D eigenvalue weighted by Crippen LogP contribution is -2.47. The molecule has 4 rings (SSSR count). The SMILES string of the molecule is Cl.Cl.Cl.NC[C@H]1CC[C@@H](C(=O)Nc2cccc(N3CCN(CC4CC4)CC3)c2)O1. The van der Waals surface area contributed by atoms with E-state index in [1.54, 1.807) is 0 Å². The summed E-state index contributed by atoms with van der Waals surface area (Å²) in [6.07, 6.45) is 4.08. The smallest absolute Gasteiger partial charge is 0.253 e. The maximum absolute atomic E-state index is 12.4. The number of ether oxygens (including phenoxy) is 1. The van der Waals surface area contributed by atoms with Crippen LogP contribution in [0.5, 0.6) is 0 Å². The zero-order valence-corrected chi connectivity index (χ0v) is 19.1. The van der Waals surface area contributed by atoms with E-state index in [0.29, 0.717) is 6.54 Å². The first kappa shape index (κ1) is 26.3. The lowest BCUT2D eigenvalue weighted by molar-refractivity contribution is -0.126. The molecule has 1 saturated carbocycles. The third kappa shape index (κ3) is 7.16. The molecule has 1 aromatic rings. The molecule has 29 heavy (non-hydrogen) atoms. The van der Waals surface area contributed by atoms with E-state index in [1.807, 2.05) is 12.1 Å². The quantitative estimate of drug-likeness (QED) is 0.673. The minimum Gasteiger partial charge on any atom is -0.369 e. The van der Waals surface area contributed by atoms with Crippen LogP contribution in [0.2, 0.25) is 0 Å². The van der Waals surface area contributed by atoms with Crippen LogP contribution >= 0.6 is 37.2 Å². The van der Waals surface area contributed by atoms with Gasteiger partial charge in [-0.2, -0.15) is 0 Å². The number of hydrogen-bond acceptors (Lipinski definition) is 5. The second-order valence-electron chi connectivity index (χ2n) is 7.83. The largest absolute Gasteiger partial charge is 0.369 e. The normalized spacial score (nSPS) is 24.1. The number of nitrogens with two attached hydrogens (primary N) is 1. The molecular weight excluding hydrogens is 435 g/mol. The molecule has 2 heterocycles. The van der Waals surface area contributed by atoms with Gasteiger partial charge in [-0.25, -0.2) is 0 Å². The van der Waals surface area contributed by atoms with Crippen molar-refractivity contribution in [3.05, 3.63) is 24.3 Å². The third-order valence-corrected chi connectivity index (χ3v) is 5.73. The predicted molar refractivity (Wildman–Crippen MR) is 125 cm³/mol. The zero-order valence-electron chi connectivity index (χ0n) is 16.6. The van der Waals surface area contributed by atoms with Crippen molar-refractivity contribution in [3.8, 4) is 0 Å². The van der Waals surface area contributed by atoms with Gasteiger partial charge in [0.25, 0.3) is 5.91 Å². The van der Waals surface area contributed by atoms with E-state index in [0.717, 1.165) is 50.6 Å².